The van der Waals surface area contributed by atoms with Crippen LogP contribution >= 0.6 is 0 Å². The van der Waals surface area contributed by atoms with Crippen molar-refractivity contribution < 1.29 is 109 Å². The number of ether oxygens (including phenoxy) is 6. The number of hydrogen-bond acceptors (Lipinski definition) is 22. The second-order valence-corrected chi connectivity index (χ2v) is 32.0. The zero-order valence-electron chi connectivity index (χ0n) is 83.6. The maximum atomic E-state index is 12.0. The van der Waals surface area contributed by atoms with Crippen molar-refractivity contribution in [3.63, 3.8) is 0 Å². The van der Waals surface area contributed by atoms with E-state index in [1.165, 1.54) is 84.6 Å². The number of nitrogens with zero attached hydrogens (tertiary/aromatic N) is 10. The molecule has 0 saturated heterocycles. The van der Waals surface area contributed by atoms with Gasteiger partial charge in [0.1, 0.15) is 78.9 Å². The SMILES string of the molecule is CCCC[N+](CC)(CCC)CCOC(=O)c1ccccc1.CCCC[N+](CC)(CCC)CCOC(=O)c1ccccc1.CCC[N+](CC)(CCC)CCOC(=O)c1ccccc1.CC[N+](CC)(CC)CCOC(=O)c1ccccc1.CN.CO.C[N+](=O)[O-].C[N+](=O)[O-].C[N+](=O)[O-].C[N+](=O)[O-].C[N+](C)(C)CCOC(=O)c1ccccc1.C[N+](C)(C)CCOC(=O)c1ccccc1. The van der Waals surface area contributed by atoms with Crippen LogP contribution in [-0.2, 0) is 28.4 Å². The molecule has 0 amide bonds. The molecule has 0 aliphatic heterocycles. The van der Waals surface area contributed by atoms with Crippen LogP contribution in [0.2, 0.25) is 0 Å². The van der Waals surface area contributed by atoms with E-state index < -0.39 is 19.7 Å². The maximum Gasteiger partial charge on any atom is 0.338 e. The molecule has 0 bridgehead atoms. The fourth-order valence-corrected chi connectivity index (χ4v) is 12.6. The van der Waals surface area contributed by atoms with Crippen molar-refractivity contribution >= 4 is 35.8 Å². The monoisotopic (exact) mass is 1840 g/mol. The van der Waals surface area contributed by atoms with E-state index in [0.717, 1.165) is 154 Å². The smallest absolute Gasteiger partial charge is 0.338 e. The number of aliphatic hydroxyl groups excluding tert-OH is 1. The summed E-state index contributed by atoms with van der Waals surface area (Å²) in [7, 11) is 18.5. The largest absolute Gasteiger partial charge is 0.456 e. The Morgan fingerprint density at radius 2 is 0.392 bits per heavy atom. The Balaban J connectivity index is -0.000000341. The van der Waals surface area contributed by atoms with Crippen LogP contribution in [0, 0.1) is 40.5 Å². The number of aliphatic hydroxyl groups is 1. The lowest BCUT2D eigenvalue weighted by atomic mass is 10.2. The third-order valence-corrected chi connectivity index (χ3v) is 20.0. The summed E-state index contributed by atoms with van der Waals surface area (Å²) in [5, 5.41) is 42.2. The van der Waals surface area contributed by atoms with E-state index in [1.807, 2.05) is 109 Å². The molecule has 3 N–H and O–H groups in total. The van der Waals surface area contributed by atoms with Crippen LogP contribution in [0.25, 0.3) is 0 Å². The molecule has 130 heavy (non-hydrogen) atoms. The molecular weight excluding hydrogens is 1670 g/mol. The van der Waals surface area contributed by atoms with Gasteiger partial charge in [-0.1, -0.05) is 164 Å². The molecule has 6 aromatic rings. The van der Waals surface area contributed by atoms with Crippen LogP contribution in [0.3, 0.4) is 0 Å². The second kappa shape index (κ2) is 81.6. The summed E-state index contributed by atoms with van der Waals surface area (Å²) in [6, 6.07) is 54.9. The van der Waals surface area contributed by atoms with Crippen molar-refractivity contribution in [2.45, 2.75) is 134 Å². The van der Waals surface area contributed by atoms with Crippen molar-refractivity contribution in [2.24, 2.45) is 5.73 Å². The third-order valence-electron chi connectivity index (χ3n) is 20.0. The molecule has 32 heteroatoms. The lowest BCUT2D eigenvalue weighted by molar-refractivity contribution is -0.926. The first-order valence-corrected chi connectivity index (χ1v) is 45.3. The maximum absolute atomic E-state index is 12.0. The van der Waals surface area contributed by atoms with Gasteiger partial charge >= 0.3 is 35.8 Å². The molecule has 0 spiro atoms. The number of carbonyl (C=O) groups is 6. The molecule has 0 saturated carbocycles. The second-order valence-electron chi connectivity index (χ2n) is 32.0. The molecule has 2 atom stereocenters. The van der Waals surface area contributed by atoms with Crippen molar-refractivity contribution in [1.82, 2.24) is 0 Å². The van der Waals surface area contributed by atoms with Gasteiger partial charge in [-0.05, 0) is 160 Å². The Kier molecular flexibility index (Phi) is 81.8. The van der Waals surface area contributed by atoms with Crippen LogP contribution in [0.5, 0.6) is 0 Å². The van der Waals surface area contributed by atoms with E-state index in [-0.39, 0.29) is 35.8 Å². The summed E-state index contributed by atoms with van der Waals surface area (Å²) in [4.78, 5) is 104. The first-order chi connectivity index (χ1) is 61.6. The number of carbonyl (C=O) groups excluding carboxylic acids is 6. The standard InChI is InChI=1S/2C18H30NO2.C17H28NO2.C15H24NO2.2C12H18NO2.4CH3NO2.CH5N.CH4O/c2*1-4-7-14-19(6-3,13-5-2)15-16-21-18(20)17-11-9-8-10-12-17;1-4-12-18(6-3,13-5-2)14-15-20-17(19)16-10-8-7-9-11-16;1-4-16(5-2,6-3)12-13-18-15(17)14-10-8-7-9-11-14;2*1-13(2,3)9-10-15-12(14)11-7-5-4-6-8-11;4*1-2(3)4;2*1-2/h2*8-12H,4-7,13-16H2,1-3H3;7-11H,4-6,12-15H2,1-3H3;7-11H,4-6,12-13H2,1-3H3;2*4-8H,9-10H2,1-3H3;4*1H3;2H2,1H3;2H,1H3/q6*+1;;;;;;. The molecule has 32 nitrogen and oxygen atoms in total. The molecular formula is C98H169N11O21+6. The Morgan fingerprint density at radius 1 is 0.254 bits per heavy atom. The van der Waals surface area contributed by atoms with Gasteiger partial charge in [-0.2, -0.15) is 0 Å². The van der Waals surface area contributed by atoms with Gasteiger partial charge in [0.2, 0.25) is 0 Å². The number of benzene rings is 6. The third kappa shape index (κ3) is 73.2. The summed E-state index contributed by atoms with van der Waals surface area (Å²) in [5.41, 5.74) is 8.25. The van der Waals surface area contributed by atoms with Gasteiger partial charge in [-0.3, -0.25) is 40.5 Å². The Bertz CT molecular complexity index is 3590. The molecule has 736 valence electrons. The lowest BCUT2D eigenvalue weighted by Crippen LogP contribution is -2.51. The van der Waals surface area contributed by atoms with E-state index in [1.54, 1.807) is 72.8 Å². The predicted molar refractivity (Wildman–Crippen MR) is 520 cm³/mol. The quantitative estimate of drug-likeness (QED) is 0.0118. The topological polar surface area (TPSA) is 377 Å². The Labute approximate surface area is 779 Å². The first kappa shape index (κ1) is 130. The fourth-order valence-electron chi connectivity index (χ4n) is 12.6. The molecule has 0 heterocycles. The van der Waals surface area contributed by atoms with Gasteiger partial charge in [0.25, 0.3) is 0 Å². The summed E-state index contributed by atoms with van der Waals surface area (Å²) in [6.07, 6.45) is 9.58. The summed E-state index contributed by atoms with van der Waals surface area (Å²) >= 11 is 0. The number of likely N-dealkylation sites (N-methyl/N-ethyl adjacent to an activating group) is 6. The molecule has 0 fully saturated rings. The van der Waals surface area contributed by atoms with Crippen LogP contribution in [0.15, 0.2) is 182 Å². The number of nitro groups is 4. The highest BCUT2D eigenvalue weighted by molar-refractivity contribution is 5.91. The highest BCUT2D eigenvalue weighted by Gasteiger charge is 2.28. The van der Waals surface area contributed by atoms with Gasteiger partial charge in [0.05, 0.1) is 154 Å². The molecule has 2 unspecified atom stereocenters. The average Bonchev–Trinajstić information content (AvgIpc) is 0.875. The minimum atomic E-state index is -0.500. The van der Waals surface area contributed by atoms with Crippen LogP contribution in [0.1, 0.15) is 197 Å². The normalized spacial score (nSPS) is 11.2. The molecule has 6 aromatic carbocycles. The van der Waals surface area contributed by atoms with E-state index in [9.17, 15) is 28.8 Å². The highest BCUT2D eigenvalue weighted by Crippen LogP contribution is 2.16. The number of nitrogens with two attached hydrogens (primary N) is 1. The van der Waals surface area contributed by atoms with E-state index in [0.29, 0.717) is 73.0 Å². The van der Waals surface area contributed by atoms with Crippen LogP contribution in [0.4, 0.5) is 0 Å². The summed E-state index contributed by atoms with van der Waals surface area (Å²) < 4.78 is 37.7. The minimum Gasteiger partial charge on any atom is -0.456 e. The van der Waals surface area contributed by atoms with Gasteiger partial charge in [0, 0.05) is 26.8 Å². The molecule has 6 rings (SSSR count). The molecule has 0 radical (unpaired) electrons. The molecule has 0 aromatic heterocycles. The number of hydrogen-bond donors (Lipinski definition) is 2. The van der Waals surface area contributed by atoms with Crippen molar-refractivity contribution in [2.75, 3.05) is 242 Å². The van der Waals surface area contributed by atoms with Crippen LogP contribution in [-0.4, -0.2) is 330 Å². The molecule has 0 aliphatic carbocycles. The number of quaternary nitrogens is 6. The molecule has 0 aliphatic rings. The number of rotatable bonds is 44. The van der Waals surface area contributed by atoms with Gasteiger partial charge in [0.15, 0.2) is 28.2 Å². The van der Waals surface area contributed by atoms with Crippen LogP contribution < -0.4 is 5.73 Å². The first-order valence-electron chi connectivity index (χ1n) is 45.3. The highest BCUT2D eigenvalue weighted by atomic mass is 16.6. The predicted octanol–water partition coefficient (Wildman–Crippen LogP) is 15.9. The summed E-state index contributed by atoms with van der Waals surface area (Å²) in [5.74, 6) is -1.36. The average molecular weight is 1840 g/mol. The van der Waals surface area contributed by atoms with Crippen molar-refractivity contribution in [1.29, 1.82) is 0 Å². The lowest BCUT2D eigenvalue weighted by Gasteiger charge is -2.37. The number of esters is 6. The van der Waals surface area contributed by atoms with Gasteiger partial charge in [-0.15, -0.1) is 0 Å². The zero-order valence-corrected chi connectivity index (χ0v) is 83.6. The summed E-state index contributed by atoms with van der Waals surface area (Å²) in [6.45, 7) is 48.4. The Morgan fingerprint density at radius 3 is 0.523 bits per heavy atom. The van der Waals surface area contributed by atoms with Gasteiger partial charge < -0.3 is 66.2 Å². The minimum absolute atomic E-state index is 0.211. The van der Waals surface area contributed by atoms with Crippen molar-refractivity contribution in [3.8, 4) is 0 Å². The van der Waals surface area contributed by atoms with Gasteiger partial charge in [-0.25, -0.2) is 28.8 Å². The Hall–Kier alpha value is -10.6. The van der Waals surface area contributed by atoms with Crippen molar-refractivity contribution in [3.05, 3.63) is 256 Å². The zero-order chi connectivity index (χ0) is 100. The van der Waals surface area contributed by atoms with E-state index in [4.69, 9.17) is 74.0 Å². The van der Waals surface area contributed by atoms with E-state index in [2.05, 4.69) is 131 Å². The van der Waals surface area contributed by atoms with E-state index >= 15 is 0 Å². The fraction of sp³-hybridized carbons (Fsp3) is 0.571. The number of unbranched alkanes of at least 4 members (excludes halogenated alkanes) is 2.